The van der Waals surface area contributed by atoms with Crippen molar-refractivity contribution in [3.8, 4) is 0 Å². The normalized spacial score (nSPS) is 12.8. The van der Waals surface area contributed by atoms with Crippen LogP contribution < -0.4 is 97.1 Å². The van der Waals surface area contributed by atoms with Crippen LogP contribution in [0.1, 0.15) is 42.2 Å². The molecule has 20 heteroatoms. The zero-order chi connectivity index (χ0) is 30.5. The fourth-order valence-electron chi connectivity index (χ4n) is 4.11. The van der Waals surface area contributed by atoms with Gasteiger partial charge in [0, 0.05) is 22.4 Å². The van der Waals surface area contributed by atoms with Gasteiger partial charge in [-0.15, -0.1) is 0 Å². The number of anilines is 3. The van der Waals surface area contributed by atoms with Gasteiger partial charge in [0.05, 0.1) is 50.6 Å². The summed E-state index contributed by atoms with van der Waals surface area (Å²) >= 11 is 0. The summed E-state index contributed by atoms with van der Waals surface area (Å²) in [7, 11) is -14.7. The van der Waals surface area contributed by atoms with Crippen LogP contribution in [0.3, 0.4) is 0 Å². The van der Waals surface area contributed by atoms with E-state index in [4.69, 9.17) is 10.3 Å². The van der Waals surface area contributed by atoms with Crippen molar-refractivity contribution < 1.29 is 139 Å². The number of nitrogens with one attached hydrogen (secondary N) is 1. The summed E-state index contributed by atoms with van der Waals surface area (Å²) in [5, 5.41) is 14.2. The maximum absolute atomic E-state index is 13.4. The summed E-state index contributed by atoms with van der Waals surface area (Å²) in [6, 6.07) is 8.40. The van der Waals surface area contributed by atoms with E-state index in [1.54, 1.807) is 0 Å². The van der Waals surface area contributed by atoms with Crippen molar-refractivity contribution in [2.24, 2.45) is 0 Å². The van der Waals surface area contributed by atoms with Crippen molar-refractivity contribution in [1.29, 1.82) is 0 Å². The Morgan fingerprint density at radius 3 is 1.98 bits per heavy atom. The number of carbonyl (C=O) groups excluding carboxylic acids is 3. The topological polar surface area (TPSA) is 267 Å². The van der Waals surface area contributed by atoms with Gasteiger partial charge in [0.15, 0.2) is 21.4 Å². The number of carboxylic acid groups (broad SMARTS) is 1. The molecule has 3 aromatic rings. The second kappa shape index (κ2) is 13.8. The molecule has 1 aliphatic rings. The Labute approximate surface area is 309 Å². The monoisotopic (exact) mass is 686 g/mol. The van der Waals surface area contributed by atoms with Gasteiger partial charge in [0.1, 0.15) is 10.1 Å². The number of benzene rings is 3. The number of aromatic carboxylic acids is 1. The van der Waals surface area contributed by atoms with Crippen LogP contribution in [0.2, 0.25) is 0 Å². The molecule has 216 valence electrons. The molecular weight excluding hydrogens is 671 g/mol. The summed E-state index contributed by atoms with van der Waals surface area (Å²) in [6.07, 6.45) is 0. The second-order valence-electron chi connectivity index (χ2n) is 8.43. The largest absolute Gasteiger partial charge is 1.00 e. The van der Waals surface area contributed by atoms with Crippen LogP contribution in [-0.2, 0) is 34.5 Å². The van der Waals surface area contributed by atoms with Gasteiger partial charge in [0.25, 0.3) is 0 Å². The minimum absolute atomic E-state index is 0. The fourth-order valence-corrected chi connectivity index (χ4v) is 6.25. The molecule has 0 amide bonds. The van der Waals surface area contributed by atoms with Gasteiger partial charge < -0.3 is 25.5 Å². The summed E-state index contributed by atoms with van der Waals surface area (Å²) in [5.41, 5.74) is 1.80. The molecule has 0 saturated carbocycles. The Hall–Kier alpha value is -1.56. The molecule has 0 bridgehead atoms. The molecule has 1 aliphatic carbocycles. The van der Waals surface area contributed by atoms with E-state index in [0.717, 1.165) is 18.2 Å². The van der Waals surface area contributed by atoms with Crippen LogP contribution in [0.25, 0.3) is 0 Å². The first-order valence-electron chi connectivity index (χ1n) is 11.0. The molecule has 43 heavy (non-hydrogen) atoms. The first-order chi connectivity index (χ1) is 18.9. The quantitative estimate of drug-likeness (QED) is 0.0840. The molecule has 0 radical (unpaired) electrons. The number of carbonyl (C=O) groups is 3. The smallest absolute Gasteiger partial charge is 0.744 e. The molecule has 0 saturated heterocycles. The summed E-state index contributed by atoms with van der Waals surface area (Å²) < 4.78 is 95.5. The molecule has 0 spiro atoms. The van der Waals surface area contributed by atoms with Crippen molar-refractivity contribution in [3.05, 3.63) is 76.3 Å². The van der Waals surface area contributed by atoms with Crippen LogP contribution in [-0.4, -0.2) is 64.3 Å². The average molecular weight is 687 g/mol. The third-order valence-corrected chi connectivity index (χ3v) is 8.91. The van der Waals surface area contributed by atoms with E-state index < -0.39 is 104 Å². The van der Waals surface area contributed by atoms with Gasteiger partial charge in [-0.3, -0.25) is 14.1 Å². The molecule has 0 fully saturated rings. The predicted molar refractivity (Wildman–Crippen MR) is 136 cm³/mol. The van der Waals surface area contributed by atoms with Gasteiger partial charge in [-0.2, -0.15) is 8.42 Å². The van der Waals surface area contributed by atoms with Crippen molar-refractivity contribution in [3.63, 3.8) is 0 Å². The minimum atomic E-state index is -5.37. The van der Waals surface area contributed by atoms with Crippen molar-refractivity contribution >= 4 is 65.0 Å². The second-order valence-corrected chi connectivity index (χ2v) is 13.0. The van der Waals surface area contributed by atoms with Gasteiger partial charge >= 0.3 is 91.3 Å². The van der Waals surface area contributed by atoms with Crippen LogP contribution >= 0.6 is 0 Å². The Morgan fingerprint density at radius 1 is 0.907 bits per heavy atom. The summed E-state index contributed by atoms with van der Waals surface area (Å²) in [5.74, 6) is -4.59. The minimum Gasteiger partial charge on any atom is -0.744 e. The number of fused-ring (bicyclic) bond motifs is 2. The fraction of sp³-hybridized carbons (Fsp3) is 0.0870. The Kier molecular flexibility index (Phi) is 12.1. The Bertz CT molecular complexity index is 2000. The molecule has 15 nitrogen and oxygen atoms in total. The molecular formula is C23H16KN2NaO13S3. The molecule has 3 aromatic carbocycles. The third kappa shape index (κ3) is 8.00. The molecule has 4 N–H and O–H groups in total. The first-order valence-corrected chi connectivity index (χ1v) is 15.4. The van der Waals surface area contributed by atoms with Gasteiger partial charge in [0.2, 0.25) is 0 Å². The van der Waals surface area contributed by atoms with E-state index in [9.17, 15) is 49.3 Å². The summed E-state index contributed by atoms with van der Waals surface area (Å²) in [6.45, 7) is -1.00. The number of sulfone groups is 1. The number of hydrogen-bond donors (Lipinski definition) is 3. The van der Waals surface area contributed by atoms with Gasteiger partial charge in [-0.1, -0.05) is 24.3 Å². The summed E-state index contributed by atoms with van der Waals surface area (Å²) in [4.78, 5) is 36.8. The molecule has 0 aromatic heterocycles. The molecule has 0 aliphatic heterocycles. The zero-order valence-electron chi connectivity index (χ0n) is 22.2. The van der Waals surface area contributed by atoms with Crippen molar-refractivity contribution in [2.45, 2.75) is 9.79 Å². The van der Waals surface area contributed by atoms with E-state index in [1.807, 2.05) is 0 Å². The van der Waals surface area contributed by atoms with Gasteiger partial charge in [-0.05, 0) is 24.3 Å². The predicted octanol–water partition coefficient (Wildman–Crippen LogP) is -6.34. The maximum Gasteiger partial charge on any atom is 1.00 e. The van der Waals surface area contributed by atoms with Crippen molar-refractivity contribution in [2.75, 3.05) is 23.4 Å². The van der Waals surface area contributed by atoms with E-state index >= 15 is 0 Å². The van der Waals surface area contributed by atoms with E-state index in [-0.39, 0.29) is 92.1 Å². The van der Waals surface area contributed by atoms with Crippen molar-refractivity contribution in [1.82, 2.24) is 0 Å². The maximum atomic E-state index is 13.4. The number of nitrogens with two attached hydrogens (primary N) is 1. The van der Waals surface area contributed by atoms with E-state index in [0.29, 0.717) is 6.07 Å². The van der Waals surface area contributed by atoms with E-state index in [1.165, 1.54) is 24.3 Å². The molecule has 0 atom stereocenters. The molecule has 4 rings (SSSR count). The number of carboxylic acids is 1. The van der Waals surface area contributed by atoms with Crippen LogP contribution in [0.4, 0.5) is 17.1 Å². The number of rotatable bonds is 9. The average Bonchev–Trinajstić information content (AvgIpc) is 2.86. The number of hydrogen-bond acceptors (Lipinski definition) is 14. The Morgan fingerprint density at radius 2 is 1.47 bits per heavy atom. The zero-order valence-corrected chi connectivity index (χ0v) is 29.8. The number of ketones is 2. The SMILES string of the molecule is Nc1c(S(=O)(=O)[O-])cc(Nc2cc(S(=O)(=O)CCOS(=O)(=O)O)ccc2C(=O)[O-])c2c1C(=O)c1ccccc1C2=O.[K+].[Na+]. The van der Waals surface area contributed by atoms with Crippen LogP contribution in [0, 0.1) is 0 Å². The Balaban J connectivity index is 0.00000323. The van der Waals surface area contributed by atoms with Gasteiger partial charge in [-0.25, -0.2) is 21.0 Å². The third-order valence-electron chi connectivity index (χ3n) is 5.89. The molecule has 0 unspecified atom stereocenters. The molecule has 0 heterocycles. The van der Waals surface area contributed by atoms with Crippen LogP contribution in [0.5, 0.6) is 0 Å². The van der Waals surface area contributed by atoms with Crippen LogP contribution in [0.15, 0.2) is 58.3 Å². The number of nitrogen functional groups attached to an aromatic ring is 1. The standard InChI is InChI=1S/C23H18N2O13S3.K.Na/c24-20-17(40(32,33)34)10-16(18-19(20)22(27)13-4-2-1-3-12(13)21(18)26)25-15-9-11(5-6-14(15)23(28)29)39(30,31)8-7-38-41(35,36)37;;/h1-6,9-10,25H,7-8,24H2,(H,28,29)(H,32,33,34)(H,35,36,37);;/q;2*+1/p-2. The van der Waals surface area contributed by atoms with E-state index in [2.05, 4.69) is 9.50 Å². The first kappa shape index (κ1) is 37.6.